The normalized spacial score (nSPS) is 24.6. The molecule has 0 saturated carbocycles. The number of pyridine rings is 2. The van der Waals surface area contributed by atoms with E-state index in [4.69, 9.17) is 0 Å². The van der Waals surface area contributed by atoms with Crippen LogP contribution in [0.5, 0.6) is 0 Å². The van der Waals surface area contributed by atoms with Crippen molar-refractivity contribution < 1.29 is 5.11 Å². The van der Waals surface area contributed by atoms with Crippen LogP contribution >= 0.6 is 0 Å². The summed E-state index contributed by atoms with van der Waals surface area (Å²) in [6.45, 7) is 4.31. The first-order chi connectivity index (χ1) is 15.3. The van der Waals surface area contributed by atoms with Crippen LogP contribution in [0.15, 0.2) is 73.2 Å². The second kappa shape index (κ2) is 9.27. The van der Waals surface area contributed by atoms with Crippen molar-refractivity contribution in [2.45, 2.75) is 37.4 Å². The van der Waals surface area contributed by atoms with Gasteiger partial charge in [-0.2, -0.15) is 0 Å². The van der Waals surface area contributed by atoms with Crippen molar-refractivity contribution in [3.05, 3.63) is 84.4 Å². The number of hydrogen-bond acceptors (Lipinski definition) is 5. The zero-order chi connectivity index (χ0) is 21.0. The first-order valence-electron chi connectivity index (χ1n) is 11.3. The SMILES string of the molecule is OC[C@H]1[C@@H](c2ccc(-c3cccnc3)cc2)[C@@H]2CN(Cc3ccccn3)CCCCN12. The summed E-state index contributed by atoms with van der Waals surface area (Å²) < 4.78 is 0. The summed E-state index contributed by atoms with van der Waals surface area (Å²) >= 11 is 0. The second-order valence-electron chi connectivity index (χ2n) is 8.71. The molecule has 5 nitrogen and oxygen atoms in total. The van der Waals surface area contributed by atoms with Crippen molar-refractivity contribution in [3.63, 3.8) is 0 Å². The Bertz CT molecular complexity index is 964. The van der Waals surface area contributed by atoms with Crippen LogP contribution in [0.1, 0.15) is 30.0 Å². The summed E-state index contributed by atoms with van der Waals surface area (Å²) in [5.41, 5.74) is 4.77. The molecule has 5 heteroatoms. The van der Waals surface area contributed by atoms with E-state index in [-0.39, 0.29) is 12.6 Å². The average molecular weight is 415 g/mol. The van der Waals surface area contributed by atoms with Crippen LogP contribution in [0.2, 0.25) is 0 Å². The number of rotatable bonds is 5. The van der Waals surface area contributed by atoms with Gasteiger partial charge in [-0.15, -0.1) is 0 Å². The van der Waals surface area contributed by atoms with E-state index in [1.165, 1.54) is 24.0 Å². The molecule has 2 saturated heterocycles. The lowest BCUT2D eigenvalue weighted by Gasteiger charge is -2.57. The Morgan fingerprint density at radius 1 is 0.903 bits per heavy atom. The average Bonchev–Trinajstić information content (AvgIpc) is 2.81. The van der Waals surface area contributed by atoms with Gasteiger partial charge in [0.25, 0.3) is 0 Å². The van der Waals surface area contributed by atoms with Crippen molar-refractivity contribution in [3.8, 4) is 11.1 Å². The lowest BCUT2D eigenvalue weighted by atomic mass is 9.74. The van der Waals surface area contributed by atoms with Gasteiger partial charge in [0.1, 0.15) is 0 Å². The fourth-order valence-corrected chi connectivity index (χ4v) is 5.31. The van der Waals surface area contributed by atoms with Crippen LogP contribution in [-0.4, -0.2) is 63.2 Å². The molecule has 160 valence electrons. The molecule has 0 aliphatic carbocycles. The van der Waals surface area contributed by atoms with Gasteiger partial charge in [-0.3, -0.25) is 19.8 Å². The number of aromatic nitrogens is 2. The molecule has 2 aliphatic heterocycles. The molecule has 3 atom stereocenters. The number of aliphatic hydroxyl groups is 1. The first-order valence-corrected chi connectivity index (χ1v) is 11.3. The smallest absolute Gasteiger partial charge is 0.0593 e. The van der Waals surface area contributed by atoms with Crippen molar-refractivity contribution in [1.29, 1.82) is 0 Å². The summed E-state index contributed by atoms with van der Waals surface area (Å²) in [5.74, 6) is 0.359. The molecule has 1 aromatic carbocycles. The van der Waals surface area contributed by atoms with Crippen LogP contribution in [0, 0.1) is 0 Å². The molecule has 0 amide bonds. The van der Waals surface area contributed by atoms with Gasteiger partial charge >= 0.3 is 0 Å². The van der Waals surface area contributed by atoms with Gasteiger partial charge in [-0.1, -0.05) is 36.4 Å². The van der Waals surface area contributed by atoms with E-state index in [1.807, 2.05) is 24.5 Å². The second-order valence-corrected chi connectivity index (χ2v) is 8.71. The number of aliphatic hydroxyl groups excluding tert-OH is 1. The molecule has 0 bridgehead atoms. The summed E-state index contributed by atoms with van der Waals surface area (Å²) in [7, 11) is 0. The molecular weight excluding hydrogens is 384 g/mol. The Hall–Kier alpha value is -2.60. The van der Waals surface area contributed by atoms with Crippen LogP contribution in [0.3, 0.4) is 0 Å². The number of hydrogen-bond donors (Lipinski definition) is 1. The van der Waals surface area contributed by atoms with E-state index in [0.29, 0.717) is 12.0 Å². The molecule has 1 N–H and O–H groups in total. The first kappa shape index (κ1) is 20.3. The lowest BCUT2D eigenvalue weighted by Crippen LogP contribution is -2.67. The topological polar surface area (TPSA) is 52.5 Å². The third-order valence-electron chi connectivity index (χ3n) is 6.86. The minimum Gasteiger partial charge on any atom is -0.395 e. The van der Waals surface area contributed by atoms with E-state index < -0.39 is 0 Å². The molecule has 4 heterocycles. The van der Waals surface area contributed by atoms with E-state index >= 15 is 0 Å². The molecule has 0 radical (unpaired) electrons. The van der Waals surface area contributed by atoms with Crippen LogP contribution < -0.4 is 0 Å². The van der Waals surface area contributed by atoms with E-state index in [0.717, 1.165) is 37.4 Å². The number of benzene rings is 1. The minimum atomic E-state index is 0.212. The Morgan fingerprint density at radius 2 is 1.77 bits per heavy atom. The highest BCUT2D eigenvalue weighted by Gasteiger charge is 2.49. The Balaban J connectivity index is 1.36. The maximum absolute atomic E-state index is 10.2. The minimum absolute atomic E-state index is 0.212. The van der Waals surface area contributed by atoms with Crippen molar-refractivity contribution >= 4 is 0 Å². The molecule has 3 aromatic rings. The van der Waals surface area contributed by atoms with Crippen LogP contribution in [-0.2, 0) is 6.54 Å². The van der Waals surface area contributed by atoms with Gasteiger partial charge in [0.15, 0.2) is 0 Å². The molecule has 31 heavy (non-hydrogen) atoms. The third kappa shape index (κ3) is 4.26. The van der Waals surface area contributed by atoms with Gasteiger partial charge < -0.3 is 5.11 Å². The molecule has 2 aromatic heterocycles. The summed E-state index contributed by atoms with van der Waals surface area (Å²) in [6.07, 6.45) is 7.96. The molecule has 0 spiro atoms. The van der Waals surface area contributed by atoms with E-state index in [9.17, 15) is 5.11 Å². The molecule has 0 unspecified atom stereocenters. The molecular formula is C26H30N4O. The fraction of sp³-hybridized carbons (Fsp3) is 0.385. The summed E-state index contributed by atoms with van der Waals surface area (Å²) in [5, 5.41) is 10.2. The Morgan fingerprint density at radius 3 is 2.52 bits per heavy atom. The summed E-state index contributed by atoms with van der Waals surface area (Å²) in [6, 6.07) is 19.7. The van der Waals surface area contributed by atoms with E-state index in [1.54, 1.807) is 6.20 Å². The third-order valence-corrected chi connectivity index (χ3v) is 6.86. The van der Waals surface area contributed by atoms with Crippen LogP contribution in [0.25, 0.3) is 11.1 Å². The maximum atomic E-state index is 10.2. The predicted octanol–water partition coefficient (Wildman–Crippen LogP) is 3.57. The zero-order valence-electron chi connectivity index (χ0n) is 17.8. The molecule has 2 fully saturated rings. The highest BCUT2D eigenvalue weighted by molar-refractivity contribution is 5.62. The Kier molecular flexibility index (Phi) is 6.07. The van der Waals surface area contributed by atoms with Gasteiger partial charge in [0.2, 0.25) is 0 Å². The van der Waals surface area contributed by atoms with Gasteiger partial charge in [0.05, 0.1) is 12.3 Å². The highest BCUT2D eigenvalue weighted by Crippen LogP contribution is 2.42. The van der Waals surface area contributed by atoms with Crippen molar-refractivity contribution in [1.82, 2.24) is 19.8 Å². The Labute approximate surface area is 184 Å². The maximum Gasteiger partial charge on any atom is 0.0593 e. The zero-order valence-corrected chi connectivity index (χ0v) is 17.8. The number of fused-ring (bicyclic) bond motifs is 1. The fourth-order valence-electron chi connectivity index (χ4n) is 5.31. The lowest BCUT2D eigenvalue weighted by molar-refractivity contribution is -0.0656. The standard InChI is InChI=1S/C26H30N4O/c31-19-25-26(21-10-8-20(9-11-21)22-6-5-12-27-16-22)24-18-29(14-3-4-15-30(24)25)17-23-7-1-2-13-28-23/h1-2,5-13,16,24-26,31H,3-4,14-15,17-19H2/t24-,25-,26-/m0/s1. The number of nitrogens with zero attached hydrogens (tertiary/aromatic N) is 4. The highest BCUT2D eigenvalue weighted by atomic mass is 16.3. The van der Waals surface area contributed by atoms with Crippen LogP contribution in [0.4, 0.5) is 0 Å². The van der Waals surface area contributed by atoms with Gasteiger partial charge in [0, 0.05) is 49.7 Å². The predicted molar refractivity (Wildman–Crippen MR) is 123 cm³/mol. The quantitative estimate of drug-likeness (QED) is 0.692. The molecule has 5 rings (SSSR count). The van der Waals surface area contributed by atoms with Crippen molar-refractivity contribution in [2.75, 3.05) is 26.2 Å². The monoisotopic (exact) mass is 414 g/mol. The van der Waals surface area contributed by atoms with Gasteiger partial charge in [-0.25, -0.2) is 0 Å². The van der Waals surface area contributed by atoms with E-state index in [2.05, 4.69) is 62.2 Å². The van der Waals surface area contributed by atoms with Crippen molar-refractivity contribution in [2.24, 2.45) is 0 Å². The van der Waals surface area contributed by atoms with Gasteiger partial charge in [-0.05, 0) is 60.8 Å². The summed E-state index contributed by atoms with van der Waals surface area (Å²) in [4.78, 5) is 13.8. The molecule has 2 aliphatic rings. The largest absolute Gasteiger partial charge is 0.395 e.